The third kappa shape index (κ3) is 6.73. The molecule has 0 atom stereocenters. The molecular formula is C27H23BrClF4N5O3. The number of carbonyl (C=O) groups is 2. The van der Waals surface area contributed by atoms with Crippen molar-refractivity contribution < 1.29 is 31.9 Å². The molecule has 0 fully saturated rings. The molecule has 0 radical (unpaired) electrons. The van der Waals surface area contributed by atoms with Gasteiger partial charge in [-0.1, -0.05) is 33.6 Å². The summed E-state index contributed by atoms with van der Waals surface area (Å²) in [5.74, 6) is -5.69. The second kappa shape index (κ2) is 12.0. The van der Waals surface area contributed by atoms with Crippen LogP contribution in [0.15, 0.2) is 59.1 Å². The monoisotopic (exact) mass is 655 g/mol. The fraction of sp³-hybridized carbons (Fsp3) is 0.222. The number of rotatable bonds is 10. The third-order valence-electron chi connectivity index (χ3n) is 5.98. The number of fused-ring (bicyclic) bond motifs is 1. The summed E-state index contributed by atoms with van der Waals surface area (Å²) in [4.78, 5) is 30.2. The van der Waals surface area contributed by atoms with Gasteiger partial charge in [0.15, 0.2) is 0 Å². The number of benzene rings is 3. The fourth-order valence-corrected chi connectivity index (χ4v) is 4.47. The predicted molar refractivity (Wildman–Crippen MR) is 151 cm³/mol. The maximum Gasteiger partial charge on any atom is 0.321 e. The summed E-state index contributed by atoms with van der Waals surface area (Å²) in [5.41, 5.74) is 7.56. The number of ether oxygens (including phenoxy) is 1. The maximum atomic E-state index is 13.4. The molecule has 216 valence electrons. The second-order valence-corrected chi connectivity index (χ2v) is 10.4. The number of aryl methyl sites for hydroxylation is 1. The van der Waals surface area contributed by atoms with E-state index in [0.29, 0.717) is 40.8 Å². The van der Waals surface area contributed by atoms with Crippen molar-refractivity contribution in [2.75, 3.05) is 11.5 Å². The predicted octanol–water partition coefficient (Wildman–Crippen LogP) is 6.47. The van der Waals surface area contributed by atoms with E-state index < -0.39 is 30.8 Å². The summed E-state index contributed by atoms with van der Waals surface area (Å²) in [7, 11) is 1.67. The first-order chi connectivity index (χ1) is 19.3. The lowest BCUT2D eigenvalue weighted by Crippen LogP contribution is -2.37. The molecule has 3 N–H and O–H groups in total. The van der Waals surface area contributed by atoms with Crippen LogP contribution in [0.1, 0.15) is 22.8 Å². The minimum absolute atomic E-state index is 0.124. The number of nitrogens with two attached hydrogens (primary N) is 1. The summed E-state index contributed by atoms with van der Waals surface area (Å²) in [6, 6.07) is 14.6. The van der Waals surface area contributed by atoms with E-state index in [-0.39, 0.29) is 22.9 Å². The lowest BCUT2D eigenvalue weighted by atomic mass is 10.1. The highest BCUT2D eigenvalue weighted by molar-refractivity contribution is 9.10. The van der Waals surface area contributed by atoms with Crippen LogP contribution in [0.2, 0.25) is 5.02 Å². The van der Waals surface area contributed by atoms with Gasteiger partial charge in [0.05, 0.1) is 27.3 Å². The van der Waals surface area contributed by atoms with Gasteiger partial charge in [0.1, 0.15) is 12.4 Å². The number of amides is 2. The average Bonchev–Trinajstić information content (AvgIpc) is 3.22. The number of carbonyl (C=O) groups excluding carboxylic acids is 2. The number of imidazole rings is 1. The van der Waals surface area contributed by atoms with Crippen LogP contribution in [-0.2, 0) is 18.4 Å². The molecule has 1 aromatic heterocycles. The second-order valence-electron chi connectivity index (χ2n) is 9.04. The number of anilines is 3. The van der Waals surface area contributed by atoms with Gasteiger partial charge >= 0.3 is 5.92 Å². The molecule has 4 rings (SSSR count). The Balaban J connectivity index is 1.86. The van der Waals surface area contributed by atoms with Gasteiger partial charge in [0.25, 0.3) is 18.2 Å². The van der Waals surface area contributed by atoms with Crippen molar-refractivity contribution in [1.82, 2.24) is 14.9 Å². The van der Waals surface area contributed by atoms with Crippen molar-refractivity contribution in [1.29, 1.82) is 0 Å². The summed E-state index contributed by atoms with van der Waals surface area (Å²) < 4.78 is 60.0. The molecule has 0 aliphatic rings. The molecule has 0 saturated heterocycles. The lowest BCUT2D eigenvalue weighted by Gasteiger charge is -2.26. The molecule has 4 aromatic rings. The van der Waals surface area contributed by atoms with Crippen molar-refractivity contribution in [2.45, 2.75) is 25.8 Å². The Kier molecular flexibility index (Phi) is 8.78. The van der Waals surface area contributed by atoms with Crippen LogP contribution in [-0.4, -0.2) is 40.3 Å². The topological polar surface area (TPSA) is 102 Å². The quantitative estimate of drug-likeness (QED) is 0.191. The number of hydrogen-bond donors (Lipinski definition) is 2. The van der Waals surface area contributed by atoms with Crippen LogP contribution in [0, 0.1) is 0 Å². The Hall–Kier alpha value is -3.84. The van der Waals surface area contributed by atoms with Gasteiger partial charge in [0, 0.05) is 36.7 Å². The molecule has 2 amide bonds. The van der Waals surface area contributed by atoms with E-state index in [9.17, 15) is 27.2 Å². The van der Waals surface area contributed by atoms with Gasteiger partial charge in [-0.25, -0.2) is 13.8 Å². The Bertz CT molecular complexity index is 1610. The molecule has 14 heteroatoms. The van der Waals surface area contributed by atoms with Gasteiger partial charge < -0.3 is 20.4 Å². The first kappa shape index (κ1) is 30.1. The molecular weight excluding hydrogens is 634 g/mol. The van der Waals surface area contributed by atoms with Crippen molar-refractivity contribution >= 4 is 67.7 Å². The normalized spacial score (nSPS) is 11.6. The first-order valence-corrected chi connectivity index (χ1v) is 13.1. The summed E-state index contributed by atoms with van der Waals surface area (Å²) in [6.45, 7) is -0.634. The highest BCUT2D eigenvalue weighted by atomic mass is 79.9. The van der Waals surface area contributed by atoms with E-state index >= 15 is 0 Å². The Labute approximate surface area is 245 Å². The molecule has 0 spiro atoms. The van der Waals surface area contributed by atoms with Crippen LogP contribution in [0.4, 0.5) is 34.9 Å². The number of nitrogens with one attached hydrogen (secondary N) is 1. The van der Waals surface area contributed by atoms with Crippen molar-refractivity contribution in [2.24, 2.45) is 12.8 Å². The van der Waals surface area contributed by atoms with E-state index in [4.69, 9.17) is 22.1 Å². The third-order valence-corrected chi connectivity index (χ3v) is 6.83. The van der Waals surface area contributed by atoms with E-state index in [1.807, 2.05) is 0 Å². The molecule has 0 unspecified atom stereocenters. The molecule has 0 bridgehead atoms. The number of primary amides is 1. The van der Waals surface area contributed by atoms with Gasteiger partial charge in [-0.15, -0.1) is 0 Å². The fourth-order valence-electron chi connectivity index (χ4n) is 4.00. The van der Waals surface area contributed by atoms with Crippen LogP contribution in [0.5, 0.6) is 5.75 Å². The minimum Gasteiger partial charge on any atom is -0.487 e. The highest BCUT2D eigenvalue weighted by Gasteiger charge is 2.32. The summed E-state index contributed by atoms with van der Waals surface area (Å²) in [6.07, 6.45) is -2.77. The molecule has 3 aromatic carbocycles. The van der Waals surface area contributed by atoms with Gasteiger partial charge in [-0.05, 0) is 48.0 Å². The molecule has 8 nitrogen and oxygen atoms in total. The SMILES string of the molecule is Cn1c(N(c2ccc(Br)cc2)c2cc(CNC(=O)C(C)(F)F)ccc2Cl)nc2cc(C(N)=O)c(OCC(F)F)cc21. The lowest BCUT2D eigenvalue weighted by molar-refractivity contribution is -0.143. The van der Waals surface area contributed by atoms with Gasteiger partial charge in [-0.2, -0.15) is 8.78 Å². The van der Waals surface area contributed by atoms with Crippen molar-refractivity contribution in [3.8, 4) is 5.75 Å². The zero-order chi connectivity index (χ0) is 30.1. The van der Waals surface area contributed by atoms with Gasteiger partial charge in [-0.3, -0.25) is 14.5 Å². The molecule has 0 saturated carbocycles. The smallest absolute Gasteiger partial charge is 0.321 e. The zero-order valence-electron chi connectivity index (χ0n) is 21.6. The van der Waals surface area contributed by atoms with Gasteiger partial charge in [0.2, 0.25) is 5.95 Å². The molecule has 0 aliphatic heterocycles. The van der Waals surface area contributed by atoms with Crippen molar-refractivity contribution in [3.05, 3.63) is 75.2 Å². The molecule has 1 heterocycles. The zero-order valence-corrected chi connectivity index (χ0v) is 23.9. The number of hydrogen-bond acceptors (Lipinski definition) is 5. The van der Waals surface area contributed by atoms with Crippen LogP contribution in [0.25, 0.3) is 11.0 Å². The van der Waals surface area contributed by atoms with E-state index in [1.54, 1.807) is 59.0 Å². The average molecular weight is 657 g/mol. The summed E-state index contributed by atoms with van der Waals surface area (Å²) >= 11 is 10.0. The number of halogens is 6. The van der Waals surface area contributed by atoms with E-state index in [2.05, 4.69) is 26.2 Å². The number of aromatic nitrogens is 2. The summed E-state index contributed by atoms with van der Waals surface area (Å²) in [5, 5.41) is 2.47. The maximum absolute atomic E-state index is 13.4. The Morgan fingerprint density at radius 2 is 1.85 bits per heavy atom. The first-order valence-electron chi connectivity index (χ1n) is 12.0. The standard InChI is InChI=1S/C27H23BrClF4N5O3/c1-27(32,33)25(40)35-12-14-3-8-18(29)20(9-14)38(16-6-4-15(28)5-7-16)26-36-19-10-17(24(34)39)22(41-13-23(30)31)11-21(19)37(26)2/h3-11,23H,12-13H2,1-2H3,(H2,34,39)(H,35,40). The number of nitrogens with zero attached hydrogens (tertiary/aromatic N) is 3. The van der Waals surface area contributed by atoms with E-state index in [0.717, 1.165) is 4.47 Å². The van der Waals surface area contributed by atoms with Crippen LogP contribution >= 0.6 is 27.5 Å². The number of alkyl halides is 4. The van der Waals surface area contributed by atoms with Crippen molar-refractivity contribution in [3.63, 3.8) is 0 Å². The van der Waals surface area contributed by atoms with Crippen LogP contribution in [0.3, 0.4) is 0 Å². The molecule has 0 aliphatic carbocycles. The molecule has 41 heavy (non-hydrogen) atoms. The van der Waals surface area contributed by atoms with E-state index in [1.165, 1.54) is 12.1 Å². The Morgan fingerprint density at radius 1 is 1.17 bits per heavy atom. The van der Waals surface area contributed by atoms with Crippen LogP contribution < -0.4 is 20.7 Å². The highest BCUT2D eigenvalue weighted by Crippen LogP contribution is 2.41. The Morgan fingerprint density at radius 3 is 2.46 bits per heavy atom. The largest absolute Gasteiger partial charge is 0.487 e. The minimum atomic E-state index is -3.55.